The van der Waals surface area contributed by atoms with Gasteiger partial charge in [-0.1, -0.05) is 11.6 Å². The number of nitrogens with two attached hydrogens (primary N) is 1. The van der Waals surface area contributed by atoms with Gasteiger partial charge in [-0.05, 0) is 6.07 Å². The molecule has 0 bridgehead atoms. The van der Waals surface area contributed by atoms with E-state index in [4.69, 9.17) is 22.4 Å². The normalized spacial score (nSPS) is 12.9. The monoisotopic (exact) mass is 226 g/mol. The molecule has 0 aliphatic carbocycles. The van der Waals surface area contributed by atoms with Gasteiger partial charge in [-0.2, -0.15) is 0 Å². The van der Waals surface area contributed by atoms with Crippen LogP contribution in [0.5, 0.6) is 0 Å². The summed E-state index contributed by atoms with van der Waals surface area (Å²) in [6.07, 6.45) is 3.01. The average Bonchev–Trinajstić information content (AvgIpc) is 2.59. The maximum Gasteiger partial charge on any atom is 0.326 e. The molecule has 0 saturated heterocycles. The minimum absolute atomic E-state index is 0.247. The second-order valence-corrected chi connectivity index (χ2v) is 3.31. The van der Waals surface area contributed by atoms with E-state index in [0.29, 0.717) is 10.9 Å². The van der Waals surface area contributed by atoms with E-state index in [9.17, 15) is 4.79 Å². The van der Waals surface area contributed by atoms with Crippen LogP contribution in [0, 0.1) is 0 Å². The standard InChI is InChI=1S/C8H7ClN4O2/c9-5-3-11-8-12-4(1-2-13(5)8)6(10)7(14)15/h1-3,6H,10H2,(H,14,15). The number of halogens is 1. The van der Waals surface area contributed by atoms with Crippen molar-refractivity contribution in [1.82, 2.24) is 14.4 Å². The largest absolute Gasteiger partial charge is 0.480 e. The molecule has 0 spiro atoms. The molecule has 7 heteroatoms. The molecule has 78 valence electrons. The molecule has 15 heavy (non-hydrogen) atoms. The van der Waals surface area contributed by atoms with E-state index in [1.54, 1.807) is 6.20 Å². The quantitative estimate of drug-likeness (QED) is 0.776. The van der Waals surface area contributed by atoms with Gasteiger partial charge < -0.3 is 10.8 Å². The second kappa shape index (κ2) is 3.48. The fourth-order valence-electron chi connectivity index (χ4n) is 1.15. The van der Waals surface area contributed by atoms with Crippen molar-refractivity contribution in [2.45, 2.75) is 6.04 Å². The maximum atomic E-state index is 10.6. The van der Waals surface area contributed by atoms with Crippen LogP contribution in [0.4, 0.5) is 0 Å². The van der Waals surface area contributed by atoms with E-state index in [0.717, 1.165) is 0 Å². The van der Waals surface area contributed by atoms with Gasteiger partial charge in [-0.3, -0.25) is 9.20 Å². The Morgan fingerprint density at radius 1 is 1.67 bits per heavy atom. The number of hydrogen-bond donors (Lipinski definition) is 2. The molecule has 2 rings (SSSR count). The van der Waals surface area contributed by atoms with E-state index in [1.165, 1.54) is 16.7 Å². The number of hydrogen-bond acceptors (Lipinski definition) is 4. The van der Waals surface area contributed by atoms with Crippen LogP contribution in [0.15, 0.2) is 18.5 Å². The lowest BCUT2D eigenvalue weighted by Crippen LogP contribution is -2.22. The molecule has 0 aliphatic heterocycles. The third kappa shape index (κ3) is 1.64. The first kappa shape index (κ1) is 9.88. The van der Waals surface area contributed by atoms with Gasteiger partial charge in [-0.25, -0.2) is 9.97 Å². The molecule has 3 N–H and O–H groups in total. The average molecular weight is 227 g/mol. The molecule has 0 aromatic carbocycles. The molecular formula is C8H7ClN4O2. The van der Waals surface area contributed by atoms with Gasteiger partial charge in [0.15, 0.2) is 0 Å². The Kier molecular flexibility index (Phi) is 2.29. The van der Waals surface area contributed by atoms with E-state index >= 15 is 0 Å². The zero-order valence-corrected chi connectivity index (χ0v) is 8.22. The van der Waals surface area contributed by atoms with Crippen molar-refractivity contribution in [1.29, 1.82) is 0 Å². The first-order valence-electron chi connectivity index (χ1n) is 4.07. The minimum atomic E-state index is -1.15. The highest BCUT2D eigenvalue weighted by molar-refractivity contribution is 6.29. The number of carbonyl (C=O) groups is 1. The highest BCUT2D eigenvalue weighted by Gasteiger charge is 2.16. The summed E-state index contributed by atoms with van der Waals surface area (Å²) < 4.78 is 1.53. The van der Waals surface area contributed by atoms with Crippen molar-refractivity contribution in [2.75, 3.05) is 0 Å². The maximum absolute atomic E-state index is 10.6. The highest BCUT2D eigenvalue weighted by Crippen LogP contribution is 2.13. The number of rotatable bonds is 2. The lowest BCUT2D eigenvalue weighted by Gasteiger charge is -2.05. The van der Waals surface area contributed by atoms with Crippen LogP contribution >= 0.6 is 11.6 Å². The van der Waals surface area contributed by atoms with E-state index < -0.39 is 12.0 Å². The van der Waals surface area contributed by atoms with Crippen LogP contribution in [0.3, 0.4) is 0 Å². The fourth-order valence-corrected chi connectivity index (χ4v) is 1.34. The van der Waals surface area contributed by atoms with Gasteiger partial charge in [0.25, 0.3) is 0 Å². The van der Waals surface area contributed by atoms with Crippen LogP contribution in [-0.2, 0) is 4.79 Å². The number of fused-ring (bicyclic) bond motifs is 1. The smallest absolute Gasteiger partial charge is 0.326 e. The molecule has 0 saturated carbocycles. The van der Waals surface area contributed by atoms with E-state index in [1.807, 2.05) is 0 Å². The van der Waals surface area contributed by atoms with Gasteiger partial charge in [0, 0.05) is 6.20 Å². The van der Waals surface area contributed by atoms with Gasteiger partial charge in [0.05, 0.1) is 11.9 Å². The van der Waals surface area contributed by atoms with Crippen LogP contribution < -0.4 is 5.73 Å². The van der Waals surface area contributed by atoms with Gasteiger partial charge in [-0.15, -0.1) is 0 Å². The summed E-state index contributed by atoms with van der Waals surface area (Å²) in [6.45, 7) is 0. The van der Waals surface area contributed by atoms with Crippen LogP contribution in [0.2, 0.25) is 5.15 Å². The minimum Gasteiger partial charge on any atom is -0.480 e. The molecular weight excluding hydrogens is 220 g/mol. The van der Waals surface area contributed by atoms with Crippen molar-refractivity contribution < 1.29 is 9.90 Å². The Balaban J connectivity index is 2.52. The molecule has 2 aromatic rings. The summed E-state index contributed by atoms with van der Waals surface area (Å²) in [6, 6.07) is 0.352. The Bertz CT molecular complexity index is 524. The number of nitrogens with zero attached hydrogens (tertiary/aromatic N) is 3. The molecule has 2 aromatic heterocycles. The summed E-state index contributed by atoms with van der Waals surface area (Å²) in [5.41, 5.74) is 5.65. The first-order chi connectivity index (χ1) is 7.09. The lowest BCUT2D eigenvalue weighted by atomic mass is 10.2. The topological polar surface area (TPSA) is 93.5 Å². The summed E-state index contributed by atoms with van der Waals surface area (Å²) in [5.74, 6) is -0.807. The number of carboxylic acids is 1. The van der Waals surface area contributed by atoms with Crippen molar-refractivity contribution in [3.05, 3.63) is 29.3 Å². The summed E-state index contributed by atoms with van der Waals surface area (Å²) in [7, 11) is 0. The molecule has 0 radical (unpaired) electrons. The lowest BCUT2D eigenvalue weighted by molar-refractivity contribution is -0.138. The third-order valence-corrected chi connectivity index (χ3v) is 2.22. The second-order valence-electron chi connectivity index (χ2n) is 2.92. The van der Waals surface area contributed by atoms with E-state index in [-0.39, 0.29) is 5.69 Å². The molecule has 1 atom stereocenters. The molecule has 0 fully saturated rings. The van der Waals surface area contributed by atoms with Gasteiger partial charge in [0.1, 0.15) is 11.2 Å². The van der Waals surface area contributed by atoms with Crippen molar-refractivity contribution in [3.8, 4) is 0 Å². The van der Waals surface area contributed by atoms with E-state index in [2.05, 4.69) is 9.97 Å². The van der Waals surface area contributed by atoms with Gasteiger partial charge >= 0.3 is 5.97 Å². The SMILES string of the molecule is NC(C(=O)O)c1ccn2c(Cl)cnc2n1. The van der Waals surface area contributed by atoms with Crippen LogP contribution in [0.25, 0.3) is 5.78 Å². The predicted molar refractivity (Wildman–Crippen MR) is 52.6 cm³/mol. The molecule has 1 unspecified atom stereocenters. The van der Waals surface area contributed by atoms with Gasteiger partial charge in [0.2, 0.25) is 5.78 Å². The van der Waals surface area contributed by atoms with Crippen molar-refractivity contribution in [3.63, 3.8) is 0 Å². The van der Waals surface area contributed by atoms with Crippen LogP contribution in [-0.4, -0.2) is 25.4 Å². The molecule has 0 amide bonds. The third-order valence-electron chi connectivity index (χ3n) is 1.94. The Morgan fingerprint density at radius 2 is 2.40 bits per heavy atom. The zero-order valence-electron chi connectivity index (χ0n) is 7.46. The summed E-state index contributed by atoms with van der Waals surface area (Å²) in [5, 5.41) is 9.10. The highest BCUT2D eigenvalue weighted by atomic mass is 35.5. The van der Waals surface area contributed by atoms with Crippen LogP contribution in [0.1, 0.15) is 11.7 Å². The fraction of sp³-hybridized carbons (Fsp3) is 0.125. The number of carboxylic acid groups (broad SMARTS) is 1. The Labute approximate surface area is 89.3 Å². The number of imidazole rings is 1. The number of aromatic nitrogens is 3. The Hall–Kier alpha value is -1.66. The number of aliphatic carboxylic acids is 1. The Morgan fingerprint density at radius 3 is 3.07 bits per heavy atom. The first-order valence-corrected chi connectivity index (χ1v) is 4.45. The zero-order chi connectivity index (χ0) is 11.0. The predicted octanol–water partition coefficient (Wildman–Crippen LogP) is 0.467. The molecule has 0 aliphatic rings. The van der Waals surface area contributed by atoms with Crippen molar-refractivity contribution >= 4 is 23.3 Å². The van der Waals surface area contributed by atoms with Crippen molar-refractivity contribution in [2.24, 2.45) is 5.73 Å². The summed E-state index contributed by atoms with van der Waals surface area (Å²) in [4.78, 5) is 18.5. The summed E-state index contributed by atoms with van der Waals surface area (Å²) >= 11 is 5.78. The molecule has 6 nitrogen and oxygen atoms in total. The molecule has 2 heterocycles.